The zero-order chi connectivity index (χ0) is 19.6. The second-order valence-corrected chi connectivity index (χ2v) is 7.33. The third-order valence-electron chi connectivity index (χ3n) is 4.91. The molecule has 2 saturated heterocycles. The van der Waals surface area contributed by atoms with Gasteiger partial charge in [0.25, 0.3) is 0 Å². The number of hydrogen-bond donors (Lipinski definition) is 0. The van der Waals surface area contributed by atoms with Crippen molar-refractivity contribution < 1.29 is 28.5 Å². The van der Waals surface area contributed by atoms with Crippen molar-refractivity contribution >= 4 is 12.1 Å². The van der Waals surface area contributed by atoms with Gasteiger partial charge in [0.1, 0.15) is 18.8 Å². The summed E-state index contributed by atoms with van der Waals surface area (Å²) in [5, 5.41) is 0. The lowest BCUT2D eigenvalue weighted by molar-refractivity contribution is -0.168. The molecule has 0 aliphatic carbocycles. The zero-order valence-electron chi connectivity index (χ0n) is 16.2. The Morgan fingerprint density at radius 1 is 1.11 bits per heavy atom. The van der Waals surface area contributed by atoms with E-state index in [2.05, 4.69) is 0 Å². The molecule has 2 aliphatic heterocycles. The van der Waals surface area contributed by atoms with E-state index in [9.17, 15) is 9.59 Å². The fourth-order valence-corrected chi connectivity index (χ4v) is 3.81. The van der Waals surface area contributed by atoms with Gasteiger partial charge in [-0.25, -0.2) is 4.79 Å². The number of esters is 1. The second kappa shape index (κ2) is 7.86. The van der Waals surface area contributed by atoms with Crippen molar-refractivity contribution in [2.24, 2.45) is 0 Å². The van der Waals surface area contributed by atoms with Crippen LogP contribution >= 0.6 is 0 Å². The molecular weight excluding hydrogens is 350 g/mol. The Kier molecular flexibility index (Phi) is 5.72. The van der Waals surface area contributed by atoms with Gasteiger partial charge in [0, 0.05) is 0 Å². The van der Waals surface area contributed by atoms with E-state index in [1.165, 1.54) is 0 Å². The van der Waals surface area contributed by atoms with Crippen LogP contribution in [0.4, 0.5) is 4.79 Å². The maximum Gasteiger partial charge on any atom is 0.410 e. The van der Waals surface area contributed by atoms with Crippen molar-refractivity contribution in [2.45, 2.75) is 70.8 Å². The van der Waals surface area contributed by atoms with Crippen molar-refractivity contribution in [3.8, 4) is 0 Å². The summed E-state index contributed by atoms with van der Waals surface area (Å²) in [7, 11) is 0. The lowest BCUT2D eigenvalue weighted by Crippen LogP contribution is -2.46. The molecular formula is C20H27NO6. The average molecular weight is 377 g/mol. The highest BCUT2D eigenvalue weighted by Gasteiger charge is 2.58. The first-order valence-corrected chi connectivity index (χ1v) is 9.32. The minimum Gasteiger partial charge on any atom is -0.466 e. The summed E-state index contributed by atoms with van der Waals surface area (Å²) in [5.74, 6) is -1.12. The Labute approximate surface area is 159 Å². The summed E-state index contributed by atoms with van der Waals surface area (Å²) in [5.41, 5.74) is 0.897. The molecule has 7 nitrogen and oxygen atoms in total. The molecule has 0 N–H and O–H groups in total. The number of hydrogen-bond acceptors (Lipinski definition) is 6. The SMILES string of the molecule is CCOC(=O)C[C@@H]1[C@@H]2OC(C)(C)O[C@@H]2[C@@H](C)N1C(=O)OCc1ccccc1. The third kappa shape index (κ3) is 4.25. The van der Waals surface area contributed by atoms with Crippen molar-refractivity contribution in [1.82, 2.24) is 4.90 Å². The number of carbonyl (C=O) groups excluding carboxylic acids is 2. The molecule has 0 aromatic heterocycles. The maximum absolute atomic E-state index is 12.8. The van der Waals surface area contributed by atoms with Crippen molar-refractivity contribution in [3.05, 3.63) is 35.9 Å². The summed E-state index contributed by atoms with van der Waals surface area (Å²) in [4.78, 5) is 26.5. The zero-order valence-corrected chi connectivity index (χ0v) is 16.2. The summed E-state index contributed by atoms with van der Waals surface area (Å²) in [6.07, 6.45) is -1.16. The summed E-state index contributed by atoms with van der Waals surface area (Å²) in [6.45, 7) is 7.75. The number of likely N-dealkylation sites (tertiary alicyclic amines) is 1. The number of rotatable bonds is 5. The number of ether oxygens (including phenoxy) is 4. The van der Waals surface area contributed by atoms with Gasteiger partial charge in [-0.1, -0.05) is 30.3 Å². The van der Waals surface area contributed by atoms with Gasteiger partial charge in [0.2, 0.25) is 0 Å². The van der Waals surface area contributed by atoms with Crippen molar-refractivity contribution in [1.29, 1.82) is 0 Å². The molecule has 0 spiro atoms. The lowest BCUT2D eigenvalue weighted by atomic mass is 10.1. The topological polar surface area (TPSA) is 74.3 Å². The molecule has 0 unspecified atom stereocenters. The Balaban J connectivity index is 1.74. The van der Waals surface area contributed by atoms with E-state index in [1.54, 1.807) is 11.8 Å². The van der Waals surface area contributed by atoms with Crippen LogP contribution in [0.3, 0.4) is 0 Å². The quantitative estimate of drug-likeness (QED) is 0.735. The van der Waals surface area contributed by atoms with Gasteiger partial charge in [-0.05, 0) is 33.3 Å². The molecule has 0 radical (unpaired) electrons. The first-order chi connectivity index (χ1) is 12.8. The summed E-state index contributed by atoms with van der Waals surface area (Å²) in [6, 6.07) is 8.69. The van der Waals surface area contributed by atoms with Crippen LogP contribution < -0.4 is 0 Å². The summed E-state index contributed by atoms with van der Waals surface area (Å²) < 4.78 is 22.6. The smallest absolute Gasteiger partial charge is 0.410 e. The van der Waals surface area contributed by atoms with E-state index in [1.807, 2.05) is 51.1 Å². The van der Waals surface area contributed by atoms with Crippen LogP contribution in [-0.4, -0.2) is 53.6 Å². The molecule has 2 fully saturated rings. The molecule has 7 heteroatoms. The van der Waals surface area contributed by atoms with Gasteiger partial charge in [0.05, 0.1) is 25.1 Å². The standard InChI is InChI=1S/C20H27NO6/c1-5-24-16(22)11-15-18-17(26-20(3,4)27-18)13(2)21(15)19(23)25-12-14-9-7-6-8-10-14/h6-10,13,15,17-18H,5,11-12H2,1-4H3/t13-,15-,17-,18+/m1/s1. The van der Waals surface area contributed by atoms with Gasteiger partial charge in [0.15, 0.2) is 5.79 Å². The number of carbonyl (C=O) groups is 2. The number of fused-ring (bicyclic) bond motifs is 1. The van der Waals surface area contributed by atoms with Crippen LogP contribution in [0.15, 0.2) is 30.3 Å². The van der Waals surface area contributed by atoms with Crippen LogP contribution in [0.2, 0.25) is 0 Å². The number of nitrogens with zero attached hydrogens (tertiary/aromatic N) is 1. The molecule has 4 atom stereocenters. The minimum absolute atomic E-state index is 0.0409. The van der Waals surface area contributed by atoms with Gasteiger partial charge < -0.3 is 18.9 Å². The molecule has 3 rings (SSSR count). The van der Waals surface area contributed by atoms with Crippen molar-refractivity contribution in [3.63, 3.8) is 0 Å². The van der Waals surface area contributed by atoms with Gasteiger partial charge in [-0.2, -0.15) is 0 Å². The van der Waals surface area contributed by atoms with E-state index in [-0.39, 0.29) is 37.7 Å². The Morgan fingerprint density at radius 3 is 2.44 bits per heavy atom. The Morgan fingerprint density at radius 2 is 1.78 bits per heavy atom. The van der Waals surface area contributed by atoms with Crippen LogP contribution in [0.1, 0.15) is 39.7 Å². The second-order valence-electron chi connectivity index (χ2n) is 7.33. The van der Waals surface area contributed by atoms with E-state index < -0.39 is 24.0 Å². The third-order valence-corrected chi connectivity index (χ3v) is 4.91. The highest BCUT2D eigenvalue weighted by molar-refractivity contribution is 5.74. The Bertz CT molecular complexity index is 676. The largest absolute Gasteiger partial charge is 0.466 e. The van der Waals surface area contributed by atoms with E-state index in [4.69, 9.17) is 18.9 Å². The molecule has 2 aliphatic rings. The highest BCUT2D eigenvalue weighted by atomic mass is 16.8. The first-order valence-electron chi connectivity index (χ1n) is 9.32. The normalized spacial score (nSPS) is 28.7. The molecule has 1 amide bonds. The predicted octanol–water partition coefficient (Wildman–Crippen LogP) is 2.87. The van der Waals surface area contributed by atoms with Crippen LogP contribution in [-0.2, 0) is 30.3 Å². The highest BCUT2D eigenvalue weighted by Crippen LogP contribution is 2.41. The predicted molar refractivity (Wildman–Crippen MR) is 96.8 cm³/mol. The molecule has 148 valence electrons. The number of benzene rings is 1. The molecule has 0 bridgehead atoms. The van der Waals surface area contributed by atoms with Gasteiger partial charge >= 0.3 is 12.1 Å². The van der Waals surface area contributed by atoms with E-state index in [0.29, 0.717) is 0 Å². The summed E-state index contributed by atoms with van der Waals surface area (Å²) >= 11 is 0. The molecule has 1 aromatic carbocycles. The first kappa shape index (κ1) is 19.6. The number of amides is 1. The Hall–Kier alpha value is -2.12. The van der Waals surface area contributed by atoms with Gasteiger partial charge in [-0.3, -0.25) is 9.69 Å². The van der Waals surface area contributed by atoms with Crippen LogP contribution in [0.5, 0.6) is 0 Å². The van der Waals surface area contributed by atoms with E-state index in [0.717, 1.165) is 5.56 Å². The molecule has 1 aromatic rings. The molecule has 2 heterocycles. The van der Waals surface area contributed by atoms with Crippen molar-refractivity contribution in [2.75, 3.05) is 6.61 Å². The average Bonchev–Trinajstić information content (AvgIpc) is 3.06. The monoisotopic (exact) mass is 377 g/mol. The maximum atomic E-state index is 12.8. The van der Waals surface area contributed by atoms with Crippen LogP contribution in [0.25, 0.3) is 0 Å². The van der Waals surface area contributed by atoms with Crippen LogP contribution in [0, 0.1) is 0 Å². The van der Waals surface area contributed by atoms with E-state index >= 15 is 0 Å². The minimum atomic E-state index is -0.753. The lowest BCUT2D eigenvalue weighted by Gasteiger charge is -2.31. The molecule has 0 saturated carbocycles. The fraction of sp³-hybridized carbons (Fsp3) is 0.600. The molecule has 27 heavy (non-hydrogen) atoms. The van der Waals surface area contributed by atoms with Gasteiger partial charge in [-0.15, -0.1) is 0 Å². The fourth-order valence-electron chi connectivity index (χ4n) is 3.81.